The molecule has 0 aromatic heterocycles. The van der Waals surface area contributed by atoms with Gasteiger partial charge in [0.05, 0.1) is 0 Å². The first-order valence-corrected chi connectivity index (χ1v) is 7.72. The van der Waals surface area contributed by atoms with Crippen LogP contribution in [0.1, 0.15) is 51.5 Å². The Balaban J connectivity index is 1.85. The van der Waals surface area contributed by atoms with E-state index in [1.165, 1.54) is 43.4 Å². The van der Waals surface area contributed by atoms with Crippen LogP contribution in [0.3, 0.4) is 0 Å². The Morgan fingerprint density at radius 3 is 2.63 bits per heavy atom. The second kappa shape index (κ2) is 3.88. The largest absolute Gasteiger partial charge is 0.381 e. The summed E-state index contributed by atoms with van der Waals surface area (Å²) in [4.78, 5) is 0. The summed E-state index contributed by atoms with van der Waals surface area (Å²) in [6.07, 6.45) is 6.73. The molecule has 0 radical (unpaired) electrons. The van der Waals surface area contributed by atoms with E-state index in [1.807, 2.05) is 0 Å². The van der Waals surface area contributed by atoms with Crippen molar-refractivity contribution in [2.45, 2.75) is 52.0 Å². The molecule has 3 aliphatic rings. The maximum atomic E-state index is 3.81. The molecule has 1 heteroatoms. The van der Waals surface area contributed by atoms with E-state index < -0.39 is 0 Å². The molecule has 4 rings (SSSR count). The molecule has 2 atom stereocenters. The second-order valence-electron chi connectivity index (χ2n) is 7.35. The van der Waals surface area contributed by atoms with Crippen molar-refractivity contribution in [1.82, 2.24) is 0 Å². The van der Waals surface area contributed by atoms with E-state index in [-0.39, 0.29) is 0 Å². The van der Waals surface area contributed by atoms with E-state index in [1.54, 1.807) is 11.1 Å². The standard InChI is InChI=1S/C18H23N/c1-18(2)10-14-16(11-18)19-15-9-4-3-8-13(15)17(14)12-6-5-7-12/h3-4,8-9,14,16,19H,5-7,10-11H2,1-2H3. The fourth-order valence-electron chi connectivity index (χ4n) is 4.33. The number of anilines is 1. The highest BCUT2D eigenvalue weighted by Gasteiger charge is 2.45. The minimum atomic E-state index is 0.486. The van der Waals surface area contributed by atoms with Crippen LogP contribution in [0.4, 0.5) is 5.69 Å². The zero-order chi connectivity index (χ0) is 13.0. The summed E-state index contributed by atoms with van der Waals surface area (Å²) in [7, 11) is 0. The molecule has 2 saturated carbocycles. The van der Waals surface area contributed by atoms with Gasteiger partial charge >= 0.3 is 0 Å². The lowest BCUT2D eigenvalue weighted by Gasteiger charge is -2.36. The van der Waals surface area contributed by atoms with Gasteiger partial charge in [0, 0.05) is 23.2 Å². The summed E-state index contributed by atoms with van der Waals surface area (Å²) >= 11 is 0. The molecule has 0 bridgehead atoms. The van der Waals surface area contributed by atoms with Crippen LogP contribution < -0.4 is 5.32 Å². The fourth-order valence-corrected chi connectivity index (χ4v) is 4.33. The molecule has 0 spiro atoms. The number of benzene rings is 1. The van der Waals surface area contributed by atoms with Crippen molar-refractivity contribution in [2.24, 2.45) is 11.3 Å². The number of nitrogens with one attached hydrogen (secondary N) is 1. The minimum Gasteiger partial charge on any atom is -0.381 e. The third-order valence-electron chi connectivity index (χ3n) is 5.30. The Kier molecular flexibility index (Phi) is 2.36. The second-order valence-corrected chi connectivity index (χ2v) is 7.35. The van der Waals surface area contributed by atoms with Gasteiger partial charge < -0.3 is 5.32 Å². The SMILES string of the molecule is CC1(C)CC2Nc3ccccc3C(=C3CCC3)C2C1. The molecule has 1 aromatic carbocycles. The van der Waals surface area contributed by atoms with Crippen molar-refractivity contribution in [3.8, 4) is 0 Å². The summed E-state index contributed by atoms with van der Waals surface area (Å²) < 4.78 is 0. The predicted octanol–water partition coefficient (Wildman–Crippen LogP) is 4.85. The van der Waals surface area contributed by atoms with Crippen LogP contribution in [0.2, 0.25) is 0 Å². The molecule has 0 saturated heterocycles. The van der Waals surface area contributed by atoms with Crippen molar-refractivity contribution >= 4 is 11.3 Å². The molecule has 2 aliphatic carbocycles. The summed E-state index contributed by atoms with van der Waals surface area (Å²) in [5.74, 6) is 0.750. The van der Waals surface area contributed by atoms with Gasteiger partial charge in [-0.15, -0.1) is 0 Å². The fraction of sp³-hybridized carbons (Fsp3) is 0.556. The lowest BCUT2D eigenvalue weighted by atomic mass is 9.75. The lowest BCUT2D eigenvalue weighted by molar-refractivity contribution is 0.372. The van der Waals surface area contributed by atoms with Crippen LogP contribution in [0, 0.1) is 11.3 Å². The van der Waals surface area contributed by atoms with Crippen LogP contribution in [-0.2, 0) is 0 Å². The van der Waals surface area contributed by atoms with E-state index in [0.717, 1.165) is 5.92 Å². The highest BCUT2D eigenvalue weighted by atomic mass is 15.0. The van der Waals surface area contributed by atoms with E-state index in [2.05, 4.69) is 43.4 Å². The van der Waals surface area contributed by atoms with Gasteiger partial charge in [0.2, 0.25) is 0 Å². The molecule has 1 nitrogen and oxygen atoms in total. The van der Waals surface area contributed by atoms with Gasteiger partial charge in [-0.1, -0.05) is 37.6 Å². The highest BCUT2D eigenvalue weighted by Crippen LogP contribution is 2.54. The van der Waals surface area contributed by atoms with Crippen LogP contribution in [0.25, 0.3) is 5.57 Å². The average Bonchev–Trinajstić information content (AvgIpc) is 2.60. The van der Waals surface area contributed by atoms with Crippen molar-refractivity contribution in [3.05, 3.63) is 35.4 Å². The van der Waals surface area contributed by atoms with Crippen molar-refractivity contribution < 1.29 is 0 Å². The van der Waals surface area contributed by atoms with Gasteiger partial charge in [-0.25, -0.2) is 0 Å². The number of para-hydroxylation sites is 1. The van der Waals surface area contributed by atoms with E-state index >= 15 is 0 Å². The number of allylic oxidation sites excluding steroid dienone is 1. The van der Waals surface area contributed by atoms with E-state index in [0.29, 0.717) is 11.5 Å². The van der Waals surface area contributed by atoms with E-state index in [9.17, 15) is 0 Å². The maximum absolute atomic E-state index is 3.81. The van der Waals surface area contributed by atoms with Gasteiger partial charge in [0.1, 0.15) is 0 Å². The third-order valence-corrected chi connectivity index (χ3v) is 5.30. The number of fused-ring (bicyclic) bond motifs is 2. The molecule has 19 heavy (non-hydrogen) atoms. The Bertz CT molecular complexity index is 547. The number of rotatable bonds is 0. The average molecular weight is 253 g/mol. The van der Waals surface area contributed by atoms with Crippen molar-refractivity contribution in [3.63, 3.8) is 0 Å². The van der Waals surface area contributed by atoms with Crippen LogP contribution in [0.15, 0.2) is 29.8 Å². The van der Waals surface area contributed by atoms with Gasteiger partial charge in [-0.05, 0) is 49.2 Å². The Morgan fingerprint density at radius 2 is 1.89 bits per heavy atom. The van der Waals surface area contributed by atoms with E-state index in [4.69, 9.17) is 0 Å². The molecule has 1 heterocycles. The first-order chi connectivity index (χ1) is 9.14. The Labute approximate surface area is 116 Å². The molecule has 100 valence electrons. The van der Waals surface area contributed by atoms with Crippen LogP contribution in [-0.4, -0.2) is 6.04 Å². The monoisotopic (exact) mass is 253 g/mol. The quantitative estimate of drug-likeness (QED) is 0.696. The molecule has 1 N–H and O–H groups in total. The van der Waals surface area contributed by atoms with Crippen LogP contribution >= 0.6 is 0 Å². The van der Waals surface area contributed by atoms with Gasteiger partial charge in [0.25, 0.3) is 0 Å². The zero-order valence-electron chi connectivity index (χ0n) is 12.0. The normalized spacial score (nSPS) is 31.3. The van der Waals surface area contributed by atoms with Crippen molar-refractivity contribution in [2.75, 3.05) is 5.32 Å². The Hall–Kier alpha value is -1.24. The molecular weight excluding hydrogens is 230 g/mol. The number of hydrogen-bond acceptors (Lipinski definition) is 1. The smallest absolute Gasteiger partial charge is 0.0419 e. The van der Waals surface area contributed by atoms with Gasteiger partial charge in [-0.2, -0.15) is 0 Å². The lowest BCUT2D eigenvalue weighted by Crippen LogP contribution is -2.31. The topological polar surface area (TPSA) is 12.0 Å². The molecule has 1 aromatic rings. The van der Waals surface area contributed by atoms with Gasteiger partial charge in [0.15, 0.2) is 0 Å². The molecule has 1 aliphatic heterocycles. The summed E-state index contributed by atoms with van der Waals surface area (Å²) in [6, 6.07) is 9.60. The molecule has 2 fully saturated rings. The molecule has 2 unspecified atom stereocenters. The minimum absolute atomic E-state index is 0.486. The summed E-state index contributed by atoms with van der Waals surface area (Å²) in [5.41, 5.74) is 6.82. The highest BCUT2D eigenvalue weighted by molar-refractivity contribution is 5.83. The Morgan fingerprint density at radius 1 is 1.11 bits per heavy atom. The molecular formula is C18H23N. The first-order valence-electron chi connectivity index (χ1n) is 7.72. The van der Waals surface area contributed by atoms with Gasteiger partial charge in [-0.3, -0.25) is 0 Å². The third kappa shape index (κ3) is 1.74. The summed E-state index contributed by atoms with van der Waals surface area (Å²) in [5, 5.41) is 3.81. The zero-order valence-corrected chi connectivity index (χ0v) is 12.0. The van der Waals surface area contributed by atoms with Crippen LogP contribution in [0.5, 0.6) is 0 Å². The predicted molar refractivity (Wildman–Crippen MR) is 81.1 cm³/mol. The maximum Gasteiger partial charge on any atom is 0.0419 e. The first kappa shape index (κ1) is 11.6. The summed E-state index contributed by atoms with van der Waals surface area (Å²) in [6.45, 7) is 4.86. The number of hydrogen-bond donors (Lipinski definition) is 1. The molecule has 0 amide bonds. The van der Waals surface area contributed by atoms with Crippen molar-refractivity contribution in [1.29, 1.82) is 0 Å².